The number of nitrogens with zero attached hydrogens (tertiary/aromatic N) is 2. The van der Waals surface area contributed by atoms with Crippen molar-refractivity contribution in [3.8, 4) is 0 Å². The average Bonchev–Trinajstić information content (AvgIpc) is 3.70. The molecule has 2 aliphatic heterocycles. The molecule has 0 saturated carbocycles. The molecule has 27 nitrogen and oxygen atoms in total. The van der Waals surface area contributed by atoms with Crippen molar-refractivity contribution in [2.24, 2.45) is 11.8 Å². The molecule has 2 fully saturated rings. The minimum absolute atomic E-state index is 0.00805. The molecule has 12 atom stereocenters. The summed E-state index contributed by atoms with van der Waals surface area (Å²) < 4.78 is 84.5. The molecule has 31 heteroatoms. The van der Waals surface area contributed by atoms with Gasteiger partial charge in [-0.2, -0.15) is 12.9 Å². The molecule has 2 aliphatic rings. The largest absolute Gasteiger partial charge is 0.490 e. The molecule has 0 spiro atoms. The van der Waals surface area contributed by atoms with Crippen LogP contribution in [-0.2, 0) is 49.7 Å². The van der Waals surface area contributed by atoms with Gasteiger partial charge in [0.2, 0.25) is 0 Å². The molecule has 0 radical (unpaired) electrons. The number of aromatic nitrogens is 4. The van der Waals surface area contributed by atoms with Crippen molar-refractivity contribution in [2.75, 3.05) is 13.2 Å². The summed E-state index contributed by atoms with van der Waals surface area (Å²) in [5, 5.41) is 22.2. The predicted molar refractivity (Wildman–Crippen MR) is 205 cm³/mol. The smallest absolute Gasteiger partial charge is 0.389 e. The molecule has 4 unspecified atom stereocenters. The first-order valence-corrected chi connectivity index (χ1v) is 23.7. The van der Waals surface area contributed by atoms with Gasteiger partial charge in [0, 0.05) is 35.7 Å². The number of phosphoric acid groups is 4. The van der Waals surface area contributed by atoms with Crippen LogP contribution in [0.15, 0.2) is 104 Å². The summed E-state index contributed by atoms with van der Waals surface area (Å²) in [6.07, 6.45) is -8.91. The Morgan fingerprint density at radius 3 is 1.41 bits per heavy atom. The maximum absolute atomic E-state index is 13.4. The van der Waals surface area contributed by atoms with Gasteiger partial charge in [0.05, 0.1) is 37.3 Å². The zero-order chi connectivity index (χ0) is 46.1. The topological polar surface area (TPSA) is 398 Å². The lowest BCUT2D eigenvalue weighted by atomic mass is 9.89. The van der Waals surface area contributed by atoms with Gasteiger partial charge in [0.15, 0.2) is 24.0 Å². The van der Waals surface area contributed by atoms with Crippen LogP contribution >= 0.6 is 31.3 Å². The van der Waals surface area contributed by atoms with Gasteiger partial charge < -0.3 is 39.3 Å². The molecule has 8 N–H and O–H groups in total. The number of carbonyl (C=O) groups excluding carboxylic acids is 2. The summed E-state index contributed by atoms with van der Waals surface area (Å²) in [7, 11) is -24.6. The molecular weight excluding hydrogens is 932 g/mol. The lowest BCUT2D eigenvalue weighted by Gasteiger charge is -2.22. The molecule has 4 heterocycles. The second-order valence-corrected chi connectivity index (χ2v) is 19.6. The predicted octanol–water partition coefficient (Wildman–Crippen LogP) is 0.0862. The van der Waals surface area contributed by atoms with Gasteiger partial charge in [0.25, 0.3) is 11.1 Å². The Labute approximate surface area is 350 Å². The number of Topliss-reactive ketones (excluding diaryl/α,β-unsaturated/α-hetero) is 2. The van der Waals surface area contributed by atoms with Crippen LogP contribution in [0.2, 0.25) is 0 Å². The Bertz CT molecular complexity index is 2780. The SMILES string of the molecule is O=C(c1ccccc1)[C@@H]1[C@H](O)[C@@H](COP(=O)(O)OP(=O)(O)OP(=O)(O)OP(=O)(O)OC[C@H]2O[C@H](n3ccc(=O)[nH]c3=O)[C@H](O)[C@@H]2C(=O)c2ccccc2)O[C@@H]1n1ccc(=O)[nH]c1=O. The first-order valence-electron chi connectivity index (χ1n) is 17.7. The molecule has 2 saturated heterocycles. The van der Waals surface area contributed by atoms with E-state index in [1.54, 1.807) is 12.1 Å². The minimum atomic E-state index is -6.36. The maximum Gasteiger partial charge on any atom is 0.490 e. The van der Waals surface area contributed by atoms with E-state index >= 15 is 0 Å². The van der Waals surface area contributed by atoms with Crippen LogP contribution in [0.25, 0.3) is 0 Å². The first kappa shape index (κ1) is 48.0. The van der Waals surface area contributed by atoms with E-state index in [2.05, 4.69) is 22.0 Å². The van der Waals surface area contributed by atoms with Crippen LogP contribution < -0.4 is 22.5 Å². The number of aliphatic hydroxyl groups is 2. The maximum atomic E-state index is 13.4. The summed E-state index contributed by atoms with van der Waals surface area (Å²) in [5.74, 6) is -4.95. The Balaban J connectivity index is 1.10. The first-order chi connectivity index (χ1) is 29.5. The van der Waals surface area contributed by atoms with Crippen LogP contribution in [-0.4, -0.2) is 98.1 Å². The molecule has 0 bridgehead atoms. The van der Waals surface area contributed by atoms with Crippen molar-refractivity contribution in [1.82, 2.24) is 19.1 Å². The van der Waals surface area contributed by atoms with E-state index in [4.69, 9.17) is 9.47 Å². The number of nitrogens with one attached hydrogen (secondary N) is 2. The molecule has 0 amide bonds. The van der Waals surface area contributed by atoms with E-state index in [0.717, 1.165) is 29.1 Å². The monoisotopic (exact) mass is 966 g/mol. The van der Waals surface area contributed by atoms with Crippen molar-refractivity contribution in [1.29, 1.82) is 0 Å². The Morgan fingerprint density at radius 1 is 0.556 bits per heavy atom. The summed E-state index contributed by atoms with van der Waals surface area (Å²) in [4.78, 5) is 120. The van der Waals surface area contributed by atoms with Gasteiger partial charge in [-0.15, -0.1) is 0 Å². The molecule has 0 aliphatic carbocycles. The van der Waals surface area contributed by atoms with Crippen molar-refractivity contribution in [2.45, 2.75) is 36.9 Å². The van der Waals surface area contributed by atoms with Crippen LogP contribution in [0, 0.1) is 11.8 Å². The number of benzene rings is 2. The number of hydrogen-bond acceptors (Lipinski definition) is 19. The number of carbonyl (C=O) groups is 2. The van der Waals surface area contributed by atoms with E-state index in [9.17, 15) is 76.8 Å². The van der Waals surface area contributed by atoms with Crippen LogP contribution in [0.5, 0.6) is 0 Å². The quantitative estimate of drug-likeness (QED) is 0.0484. The summed E-state index contributed by atoms with van der Waals surface area (Å²) in [6.45, 7) is -2.49. The van der Waals surface area contributed by atoms with Crippen molar-refractivity contribution in [3.05, 3.63) is 138 Å². The standard InChI is InChI=1S/C32H34N4O23P4/c37-21-11-13-35(31(43)33-21)29-24(26(40)18-9-5-2-6-10-18)27(41)20(56-29)16-54-61(47,48)58-63(51,52)59-62(49,50)57-60(45,46)53-15-19-23(25(39)17-7-3-1-4-8-17)28(42)30(55-19)36-14-12-22(38)34-32(36)44/h1-14,19-20,23-24,27-30,41-42H,15-16H2,(H,45,46)(H,47,48)(H,49,50)(H,51,52)(H,33,37,43)(H,34,38,44)/t19-,20-,23+,24-,27-,28-,29+,30+/m1/s1. The van der Waals surface area contributed by atoms with Gasteiger partial charge in [0.1, 0.15) is 12.2 Å². The normalized spacial score (nSPS) is 27.4. The second-order valence-electron chi connectivity index (χ2n) is 13.4. The van der Waals surface area contributed by atoms with E-state index in [-0.39, 0.29) is 11.1 Å². The molecule has 2 aromatic carbocycles. The molecule has 6 rings (SSSR count). The highest BCUT2D eigenvalue weighted by Gasteiger charge is 2.53. The van der Waals surface area contributed by atoms with Gasteiger partial charge in [-0.3, -0.25) is 47.3 Å². The zero-order valence-corrected chi connectivity index (χ0v) is 35.0. The Morgan fingerprint density at radius 2 is 0.952 bits per heavy atom. The lowest BCUT2D eigenvalue weighted by molar-refractivity contribution is -0.0527. The highest BCUT2D eigenvalue weighted by Crippen LogP contribution is 2.71. The van der Waals surface area contributed by atoms with Crippen LogP contribution in [0.3, 0.4) is 0 Å². The highest BCUT2D eigenvalue weighted by atomic mass is 31.3. The van der Waals surface area contributed by atoms with Gasteiger partial charge in [-0.1, -0.05) is 60.7 Å². The van der Waals surface area contributed by atoms with E-state index in [0.29, 0.717) is 4.57 Å². The number of ketones is 2. The molecular formula is C32H34N4O23P4. The third-order valence-corrected chi connectivity index (χ3v) is 15.0. The fourth-order valence-corrected chi connectivity index (χ4v) is 11.4. The van der Waals surface area contributed by atoms with E-state index in [1.165, 1.54) is 48.5 Å². The van der Waals surface area contributed by atoms with Crippen molar-refractivity contribution >= 4 is 42.9 Å². The number of H-pyrrole nitrogens is 2. The fourth-order valence-electron chi connectivity index (χ4n) is 6.49. The van der Waals surface area contributed by atoms with E-state index in [1.807, 2.05) is 9.97 Å². The third kappa shape index (κ3) is 11.6. The van der Waals surface area contributed by atoms with Gasteiger partial charge >= 0.3 is 42.7 Å². The Kier molecular flexibility index (Phi) is 14.4. The lowest BCUT2D eigenvalue weighted by Crippen LogP contribution is -2.38. The van der Waals surface area contributed by atoms with Crippen molar-refractivity contribution in [3.63, 3.8) is 0 Å². The van der Waals surface area contributed by atoms with Crippen LogP contribution in [0.1, 0.15) is 33.2 Å². The number of aromatic amines is 2. The molecule has 63 heavy (non-hydrogen) atoms. The minimum Gasteiger partial charge on any atom is -0.389 e. The zero-order valence-electron chi connectivity index (χ0n) is 31.4. The third-order valence-electron chi connectivity index (χ3n) is 9.14. The van der Waals surface area contributed by atoms with Crippen LogP contribution in [0.4, 0.5) is 0 Å². The summed E-state index contributed by atoms with van der Waals surface area (Å²) in [6, 6.07) is 16.2. The molecule has 340 valence electrons. The average molecular weight is 967 g/mol. The van der Waals surface area contributed by atoms with Crippen molar-refractivity contribution < 1.29 is 89.1 Å². The molecule has 2 aromatic heterocycles. The Hall–Kier alpha value is -4.46. The van der Waals surface area contributed by atoms with E-state index < -0.39 is 127 Å². The molecule has 4 aromatic rings. The fraction of sp³-hybridized carbons (Fsp3) is 0.312. The number of phosphoric ester groups is 2. The van der Waals surface area contributed by atoms with Gasteiger partial charge in [-0.05, 0) is 0 Å². The number of ether oxygens (including phenoxy) is 2. The summed E-state index contributed by atoms with van der Waals surface area (Å²) in [5.41, 5.74) is -3.82. The number of rotatable bonds is 18. The number of aliphatic hydroxyl groups excluding tert-OH is 2. The summed E-state index contributed by atoms with van der Waals surface area (Å²) >= 11 is 0. The number of hydrogen-bond donors (Lipinski definition) is 8. The van der Waals surface area contributed by atoms with Gasteiger partial charge in [-0.25, -0.2) is 27.8 Å². The highest BCUT2D eigenvalue weighted by molar-refractivity contribution is 7.69. The second kappa shape index (κ2) is 18.9.